The predicted octanol–water partition coefficient (Wildman–Crippen LogP) is 2.90. The maximum Gasteiger partial charge on any atom is 0.0798 e. The van der Waals surface area contributed by atoms with Crippen molar-refractivity contribution in [3.63, 3.8) is 0 Å². The fraction of sp³-hybridized carbons (Fsp3) is 0.727. The summed E-state index contributed by atoms with van der Waals surface area (Å²) in [5.41, 5.74) is 3.18. The van der Waals surface area contributed by atoms with Gasteiger partial charge in [0.2, 0.25) is 0 Å². The third-order valence-electron chi connectivity index (χ3n) is 3.11. The summed E-state index contributed by atoms with van der Waals surface area (Å²) in [6, 6.07) is 0.571. The normalized spacial score (nSPS) is 19.3. The first-order valence-electron chi connectivity index (χ1n) is 5.46. The van der Waals surface area contributed by atoms with Gasteiger partial charge in [-0.05, 0) is 32.2 Å². The van der Waals surface area contributed by atoms with E-state index in [4.69, 9.17) is 0 Å². The number of aromatic nitrogens is 1. The van der Waals surface area contributed by atoms with Gasteiger partial charge in [-0.25, -0.2) is 4.98 Å². The SMILES string of the molecule is CCNC(c1scnc1C)C1CCC1. The van der Waals surface area contributed by atoms with E-state index in [0.717, 1.165) is 12.5 Å². The summed E-state index contributed by atoms with van der Waals surface area (Å²) in [5, 5.41) is 3.60. The van der Waals surface area contributed by atoms with Crippen LogP contribution in [0.2, 0.25) is 0 Å². The molecule has 1 aliphatic rings. The van der Waals surface area contributed by atoms with Crippen LogP contribution in [0.25, 0.3) is 0 Å². The van der Waals surface area contributed by atoms with Crippen LogP contribution in [0.5, 0.6) is 0 Å². The molecular weight excluding hydrogens is 192 g/mol. The molecule has 0 aliphatic heterocycles. The summed E-state index contributed by atoms with van der Waals surface area (Å²) in [4.78, 5) is 5.79. The highest BCUT2D eigenvalue weighted by Crippen LogP contribution is 2.39. The third-order valence-corrected chi connectivity index (χ3v) is 4.12. The quantitative estimate of drug-likeness (QED) is 0.826. The molecule has 1 fully saturated rings. The lowest BCUT2D eigenvalue weighted by molar-refractivity contribution is 0.235. The van der Waals surface area contributed by atoms with E-state index in [-0.39, 0.29) is 0 Å². The van der Waals surface area contributed by atoms with Gasteiger partial charge in [-0.1, -0.05) is 13.3 Å². The number of hydrogen-bond donors (Lipinski definition) is 1. The number of aryl methyl sites for hydroxylation is 1. The molecule has 0 radical (unpaired) electrons. The molecule has 0 aromatic carbocycles. The Morgan fingerprint density at radius 3 is 2.86 bits per heavy atom. The highest BCUT2D eigenvalue weighted by Gasteiger charge is 2.29. The van der Waals surface area contributed by atoms with Crippen LogP contribution < -0.4 is 5.32 Å². The molecule has 14 heavy (non-hydrogen) atoms. The van der Waals surface area contributed by atoms with Crippen molar-refractivity contribution in [3.05, 3.63) is 16.1 Å². The molecule has 2 nitrogen and oxygen atoms in total. The molecule has 1 saturated carbocycles. The number of rotatable bonds is 4. The largest absolute Gasteiger partial charge is 0.309 e. The molecule has 1 aliphatic carbocycles. The van der Waals surface area contributed by atoms with Gasteiger partial charge in [-0.2, -0.15) is 0 Å². The molecule has 0 amide bonds. The van der Waals surface area contributed by atoms with Gasteiger partial charge in [-0.3, -0.25) is 0 Å². The van der Waals surface area contributed by atoms with Crippen molar-refractivity contribution in [2.24, 2.45) is 5.92 Å². The van der Waals surface area contributed by atoms with Gasteiger partial charge >= 0.3 is 0 Å². The second-order valence-electron chi connectivity index (χ2n) is 4.03. The van der Waals surface area contributed by atoms with Crippen molar-refractivity contribution in [1.82, 2.24) is 10.3 Å². The van der Waals surface area contributed by atoms with Gasteiger partial charge in [-0.15, -0.1) is 11.3 Å². The Morgan fingerprint density at radius 1 is 1.64 bits per heavy atom. The summed E-state index contributed by atoms with van der Waals surface area (Å²) in [6.45, 7) is 5.36. The van der Waals surface area contributed by atoms with Crippen LogP contribution in [0.4, 0.5) is 0 Å². The Labute approximate surface area is 89.8 Å². The van der Waals surface area contributed by atoms with Crippen LogP contribution in [-0.4, -0.2) is 11.5 Å². The summed E-state index contributed by atoms with van der Waals surface area (Å²) in [7, 11) is 0. The van der Waals surface area contributed by atoms with E-state index < -0.39 is 0 Å². The molecule has 1 aromatic rings. The monoisotopic (exact) mass is 210 g/mol. The first-order chi connectivity index (χ1) is 6.83. The zero-order valence-corrected chi connectivity index (χ0v) is 9.73. The second-order valence-corrected chi connectivity index (χ2v) is 4.91. The minimum Gasteiger partial charge on any atom is -0.309 e. The summed E-state index contributed by atoms with van der Waals surface area (Å²) >= 11 is 1.80. The molecule has 1 heterocycles. The van der Waals surface area contributed by atoms with Crippen LogP contribution in [-0.2, 0) is 0 Å². The molecule has 3 heteroatoms. The van der Waals surface area contributed by atoms with Crippen LogP contribution in [0.1, 0.15) is 42.8 Å². The second kappa shape index (κ2) is 4.41. The molecule has 2 rings (SSSR count). The standard InChI is InChI=1S/C11H18N2S/c1-3-12-10(9-5-4-6-9)11-8(2)13-7-14-11/h7,9-10,12H,3-6H2,1-2H3. The minimum atomic E-state index is 0.571. The molecule has 0 saturated heterocycles. The molecule has 0 spiro atoms. The fourth-order valence-electron chi connectivity index (χ4n) is 2.08. The van der Waals surface area contributed by atoms with Gasteiger partial charge in [0.05, 0.1) is 11.2 Å². The topological polar surface area (TPSA) is 24.9 Å². The fourth-order valence-corrected chi connectivity index (χ4v) is 3.05. The smallest absolute Gasteiger partial charge is 0.0798 e. The van der Waals surface area contributed by atoms with Crippen LogP contribution in [0.3, 0.4) is 0 Å². The van der Waals surface area contributed by atoms with Crippen molar-refractivity contribution >= 4 is 11.3 Å². The Hall–Kier alpha value is -0.410. The lowest BCUT2D eigenvalue weighted by Crippen LogP contribution is -2.31. The van der Waals surface area contributed by atoms with Gasteiger partial charge < -0.3 is 5.32 Å². The van der Waals surface area contributed by atoms with E-state index >= 15 is 0 Å². The van der Waals surface area contributed by atoms with Crippen molar-refractivity contribution in [1.29, 1.82) is 0 Å². The maximum absolute atomic E-state index is 4.34. The molecule has 1 atom stereocenters. The first-order valence-corrected chi connectivity index (χ1v) is 6.34. The average molecular weight is 210 g/mol. The van der Waals surface area contributed by atoms with Crippen molar-refractivity contribution in [2.45, 2.75) is 39.2 Å². The van der Waals surface area contributed by atoms with Gasteiger partial charge in [0.25, 0.3) is 0 Å². The number of nitrogens with zero attached hydrogens (tertiary/aromatic N) is 1. The molecule has 1 unspecified atom stereocenters. The van der Waals surface area contributed by atoms with E-state index in [1.54, 1.807) is 11.3 Å². The van der Waals surface area contributed by atoms with Crippen LogP contribution in [0, 0.1) is 12.8 Å². The summed E-state index contributed by atoms with van der Waals surface area (Å²) in [5.74, 6) is 0.856. The third kappa shape index (κ3) is 1.84. The van der Waals surface area contributed by atoms with Gasteiger partial charge in [0.15, 0.2) is 0 Å². The highest BCUT2D eigenvalue weighted by molar-refractivity contribution is 7.09. The van der Waals surface area contributed by atoms with E-state index in [9.17, 15) is 0 Å². The van der Waals surface area contributed by atoms with Gasteiger partial charge in [0.1, 0.15) is 0 Å². The van der Waals surface area contributed by atoms with Crippen LogP contribution in [0.15, 0.2) is 5.51 Å². The van der Waals surface area contributed by atoms with Crippen molar-refractivity contribution in [3.8, 4) is 0 Å². The lowest BCUT2D eigenvalue weighted by Gasteiger charge is -2.33. The highest BCUT2D eigenvalue weighted by atomic mass is 32.1. The zero-order chi connectivity index (χ0) is 9.97. The number of thiazole rings is 1. The van der Waals surface area contributed by atoms with Crippen molar-refractivity contribution in [2.75, 3.05) is 6.54 Å². The van der Waals surface area contributed by atoms with E-state index in [2.05, 4.69) is 24.1 Å². The molecule has 1 N–H and O–H groups in total. The lowest BCUT2D eigenvalue weighted by atomic mass is 9.79. The van der Waals surface area contributed by atoms with Crippen LogP contribution >= 0.6 is 11.3 Å². The van der Waals surface area contributed by atoms with Gasteiger partial charge in [0, 0.05) is 10.9 Å². The Bertz CT molecular complexity index is 291. The molecular formula is C11H18N2S. The molecule has 1 aromatic heterocycles. The molecule has 0 bridgehead atoms. The Morgan fingerprint density at radius 2 is 2.43 bits per heavy atom. The van der Waals surface area contributed by atoms with E-state index in [1.807, 2.05) is 5.51 Å². The predicted molar refractivity (Wildman–Crippen MR) is 60.6 cm³/mol. The average Bonchev–Trinajstić information content (AvgIpc) is 2.47. The summed E-state index contributed by atoms with van der Waals surface area (Å²) < 4.78 is 0. The van der Waals surface area contributed by atoms with E-state index in [1.165, 1.54) is 29.8 Å². The number of hydrogen-bond acceptors (Lipinski definition) is 3. The minimum absolute atomic E-state index is 0.571. The van der Waals surface area contributed by atoms with E-state index in [0.29, 0.717) is 6.04 Å². The van der Waals surface area contributed by atoms with Crippen molar-refractivity contribution < 1.29 is 0 Å². The maximum atomic E-state index is 4.34. The first kappa shape index (κ1) is 10.1. The Balaban J connectivity index is 2.13. The molecule has 78 valence electrons. The Kier molecular flexibility index (Phi) is 3.19. The summed E-state index contributed by atoms with van der Waals surface area (Å²) in [6.07, 6.45) is 4.18. The zero-order valence-electron chi connectivity index (χ0n) is 8.92. The number of nitrogens with one attached hydrogen (secondary N) is 1.